The van der Waals surface area contributed by atoms with Gasteiger partial charge >= 0.3 is 5.97 Å². The lowest BCUT2D eigenvalue weighted by molar-refractivity contribution is -0.149. The molecule has 1 atom stereocenters. The van der Waals surface area contributed by atoms with Crippen molar-refractivity contribution < 1.29 is 23.9 Å². The molecule has 1 heterocycles. The minimum Gasteiger partial charge on any atom is -0.489 e. The Morgan fingerprint density at radius 2 is 1.97 bits per heavy atom. The Labute approximate surface area is 171 Å². The third-order valence-electron chi connectivity index (χ3n) is 4.25. The second-order valence-corrected chi connectivity index (χ2v) is 7.77. The first-order chi connectivity index (χ1) is 13.8. The zero-order valence-corrected chi connectivity index (χ0v) is 17.6. The summed E-state index contributed by atoms with van der Waals surface area (Å²) in [5.74, 6) is -0.189. The van der Waals surface area contributed by atoms with E-state index in [0.717, 1.165) is 0 Å². The number of esters is 1. The first kappa shape index (κ1) is 22.7. The Hall–Kier alpha value is -2.61. The van der Waals surface area contributed by atoms with Crippen molar-refractivity contribution in [1.29, 1.82) is 0 Å². The molecule has 29 heavy (non-hydrogen) atoms. The zero-order chi connectivity index (χ0) is 21.4. The van der Waals surface area contributed by atoms with Crippen molar-refractivity contribution in [3.63, 3.8) is 0 Å². The normalized spacial score (nSPS) is 17.2. The highest BCUT2D eigenvalue weighted by Crippen LogP contribution is 2.25. The molecule has 0 saturated carbocycles. The largest absolute Gasteiger partial charge is 0.489 e. The van der Waals surface area contributed by atoms with E-state index >= 15 is 0 Å². The topological polar surface area (TPSA) is 97.0 Å². The molecule has 1 unspecified atom stereocenters. The maximum absolute atomic E-state index is 12.6. The number of carbonyl (C=O) groups excluding carboxylic acids is 3. The summed E-state index contributed by atoms with van der Waals surface area (Å²) in [5.41, 5.74) is 0.570. The number of nitrogens with zero attached hydrogens (tertiary/aromatic N) is 1. The Morgan fingerprint density at radius 3 is 2.66 bits per heavy atom. The van der Waals surface area contributed by atoms with Crippen LogP contribution in [0.3, 0.4) is 0 Å². The Bertz CT molecular complexity index is 720. The van der Waals surface area contributed by atoms with E-state index in [2.05, 4.69) is 10.6 Å². The average Bonchev–Trinajstić information content (AvgIpc) is 2.64. The van der Waals surface area contributed by atoms with Crippen LogP contribution in [0.1, 0.15) is 34.1 Å². The van der Waals surface area contributed by atoms with Crippen molar-refractivity contribution in [1.82, 2.24) is 10.2 Å². The van der Waals surface area contributed by atoms with Crippen LogP contribution in [0.5, 0.6) is 5.75 Å². The predicted octanol–water partition coefficient (Wildman–Crippen LogP) is 1.80. The summed E-state index contributed by atoms with van der Waals surface area (Å²) >= 11 is 0. The molecule has 1 saturated heterocycles. The number of carbonyl (C=O) groups is 3. The fourth-order valence-electron chi connectivity index (χ4n) is 2.95. The molecule has 2 N–H and O–H groups in total. The minimum atomic E-state index is -0.726. The number of piperazine rings is 1. The van der Waals surface area contributed by atoms with Gasteiger partial charge in [-0.15, -0.1) is 0 Å². The number of anilines is 1. The van der Waals surface area contributed by atoms with E-state index in [1.807, 2.05) is 39.8 Å². The molecule has 1 aliphatic rings. The lowest BCUT2D eigenvalue weighted by Crippen LogP contribution is -2.57. The van der Waals surface area contributed by atoms with E-state index in [-0.39, 0.29) is 36.8 Å². The molecule has 1 aliphatic heterocycles. The molecule has 8 nitrogen and oxygen atoms in total. The second kappa shape index (κ2) is 10.8. The molecular formula is C21H31N3O5. The van der Waals surface area contributed by atoms with Gasteiger partial charge in [-0.3, -0.25) is 19.3 Å². The van der Waals surface area contributed by atoms with Gasteiger partial charge in [-0.1, -0.05) is 26.0 Å². The molecule has 0 radical (unpaired) electrons. The standard InChI is InChI=1S/C21H31N3O5/c1-14(2)13-28-20(26)11-17-21(27)22-9-10-24(17)12-19(25)23-16-7-5-6-8-18(16)29-15(3)4/h5-8,14-15,17H,9-13H2,1-4H3,(H,22,27)(H,23,25). The molecule has 1 aromatic carbocycles. The second-order valence-electron chi connectivity index (χ2n) is 7.77. The molecule has 0 spiro atoms. The summed E-state index contributed by atoms with van der Waals surface area (Å²) in [4.78, 5) is 38.7. The molecule has 1 fully saturated rings. The number of rotatable bonds is 9. The van der Waals surface area contributed by atoms with Crippen LogP contribution in [-0.4, -0.2) is 61.1 Å². The average molecular weight is 405 g/mol. The number of hydrogen-bond donors (Lipinski definition) is 2. The van der Waals surface area contributed by atoms with Gasteiger partial charge in [-0.25, -0.2) is 0 Å². The van der Waals surface area contributed by atoms with Gasteiger partial charge in [-0.05, 0) is 31.9 Å². The van der Waals surface area contributed by atoms with E-state index in [0.29, 0.717) is 31.1 Å². The number of benzene rings is 1. The number of para-hydroxylation sites is 2. The van der Waals surface area contributed by atoms with Gasteiger partial charge in [0.2, 0.25) is 11.8 Å². The van der Waals surface area contributed by atoms with Gasteiger partial charge in [0.25, 0.3) is 0 Å². The summed E-state index contributed by atoms with van der Waals surface area (Å²) in [7, 11) is 0. The van der Waals surface area contributed by atoms with E-state index < -0.39 is 12.0 Å². The number of nitrogens with one attached hydrogen (secondary N) is 2. The van der Waals surface area contributed by atoms with Crippen molar-refractivity contribution in [2.24, 2.45) is 5.92 Å². The minimum absolute atomic E-state index is 0.00837. The summed E-state index contributed by atoms with van der Waals surface area (Å²) in [6.45, 7) is 8.91. The molecule has 8 heteroatoms. The van der Waals surface area contributed by atoms with Crippen LogP contribution in [0, 0.1) is 5.92 Å². The molecule has 2 rings (SSSR count). The fraction of sp³-hybridized carbons (Fsp3) is 0.571. The molecule has 1 aromatic rings. The summed E-state index contributed by atoms with van der Waals surface area (Å²) in [6.07, 6.45) is -0.112. The first-order valence-electron chi connectivity index (χ1n) is 9.99. The number of amides is 2. The van der Waals surface area contributed by atoms with Gasteiger partial charge in [0, 0.05) is 13.1 Å². The summed E-state index contributed by atoms with van der Waals surface area (Å²) in [6, 6.07) is 6.47. The highest BCUT2D eigenvalue weighted by molar-refractivity contribution is 5.94. The lowest BCUT2D eigenvalue weighted by atomic mass is 10.1. The Morgan fingerprint density at radius 1 is 1.24 bits per heavy atom. The van der Waals surface area contributed by atoms with Crippen LogP contribution in [0.25, 0.3) is 0 Å². The van der Waals surface area contributed by atoms with Crippen LogP contribution >= 0.6 is 0 Å². The molecule has 160 valence electrons. The maximum Gasteiger partial charge on any atom is 0.307 e. The van der Waals surface area contributed by atoms with Gasteiger partial charge in [-0.2, -0.15) is 0 Å². The maximum atomic E-state index is 12.6. The van der Waals surface area contributed by atoms with E-state index in [1.54, 1.807) is 17.0 Å². The monoisotopic (exact) mass is 405 g/mol. The quantitative estimate of drug-likeness (QED) is 0.608. The Balaban J connectivity index is 2.00. The molecule has 0 aromatic heterocycles. The van der Waals surface area contributed by atoms with Gasteiger partial charge in [0.05, 0.1) is 31.4 Å². The third kappa shape index (κ3) is 7.38. The molecule has 2 amide bonds. The van der Waals surface area contributed by atoms with E-state index in [9.17, 15) is 14.4 Å². The van der Waals surface area contributed by atoms with Crippen molar-refractivity contribution in [3.05, 3.63) is 24.3 Å². The predicted molar refractivity (Wildman–Crippen MR) is 110 cm³/mol. The van der Waals surface area contributed by atoms with Crippen LogP contribution in [0.15, 0.2) is 24.3 Å². The Kier molecular flexibility index (Phi) is 8.45. The molecule has 0 aliphatic carbocycles. The van der Waals surface area contributed by atoms with Crippen LogP contribution < -0.4 is 15.4 Å². The van der Waals surface area contributed by atoms with E-state index in [4.69, 9.17) is 9.47 Å². The van der Waals surface area contributed by atoms with E-state index in [1.165, 1.54) is 0 Å². The van der Waals surface area contributed by atoms with Crippen molar-refractivity contribution in [2.75, 3.05) is 31.6 Å². The van der Waals surface area contributed by atoms with Crippen molar-refractivity contribution >= 4 is 23.5 Å². The van der Waals surface area contributed by atoms with Gasteiger partial charge < -0.3 is 20.1 Å². The lowest BCUT2D eigenvalue weighted by Gasteiger charge is -2.34. The fourth-order valence-corrected chi connectivity index (χ4v) is 2.95. The van der Waals surface area contributed by atoms with Crippen LogP contribution in [0.4, 0.5) is 5.69 Å². The number of hydrogen-bond acceptors (Lipinski definition) is 6. The summed E-state index contributed by atoms with van der Waals surface area (Å²) in [5, 5.41) is 5.58. The van der Waals surface area contributed by atoms with Crippen molar-refractivity contribution in [2.45, 2.75) is 46.3 Å². The first-order valence-corrected chi connectivity index (χ1v) is 9.99. The van der Waals surface area contributed by atoms with Gasteiger partial charge in [0.1, 0.15) is 11.8 Å². The smallest absolute Gasteiger partial charge is 0.307 e. The highest BCUT2D eigenvalue weighted by atomic mass is 16.5. The summed E-state index contributed by atoms with van der Waals surface area (Å²) < 4.78 is 10.9. The highest BCUT2D eigenvalue weighted by Gasteiger charge is 2.33. The van der Waals surface area contributed by atoms with Crippen LogP contribution in [-0.2, 0) is 19.1 Å². The number of ether oxygens (including phenoxy) is 2. The molecule has 0 bridgehead atoms. The van der Waals surface area contributed by atoms with Crippen LogP contribution in [0.2, 0.25) is 0 Å². The zero-order valence-electron chi connectivity index (χ0n) is 17.6. The third-order valence-corrected chi connectivity index (χ3v) is 4.25. The van der Waals surface area contributed by atoms with Crippen molar-refractivity contribution in [3.8, 4) is 5.75 Å². The van der Waals surface area contributed by atoms with Gasteiger partial charge in [0.15, 0.2) is 0 Å². The SMILES string of the molecule is CC(C)COC(=O)CC1C(=O)NCCN1CC(=O)Nc1ccccc1OC(C)C. The molecular weight excluding hydrogens is 374 g/mol.